The van der Waals surface area contributed by atoms with E-state index in [2.05, 4.69) is 15.6 Å². The SMILES string of the molecule is Cc1nn(C)c(C)c1/C=N\NC(=O)c1csc2ccccc12. The Hall–Kier alpha value is -2.47. The molecule has 2 heterocycles. The number of thiophene rings is 1. The quantitative estimate of drug-likeness (QED) is 0.597. The maximum Gasteiger partial charge on any atom is 0.272 e. The third-order valence-corrected chi connectivity index (χ3v) is 4.61. The van der Waals surface area contributed by atoms with Crippen molar-refractivity contribution in [3.8, 4) is 0 Å². The van der Waals surface area contributed by atoms with Crippen molar-refractivity contribution in [1.29, 1.82) is 0 Å². The van der Waals surface area contributed by atoms with E-state index in [-0.39, 0.29) is 5.91 Å². The van der Waals surface area contributed by atoms with Crippen LogP contribution in [0.5, 0.6) is 0 Å². The number of benzene rings is 1. The van der Waals surface area contributed by atoms with Crippen molar-refractivity contribution in [1.82, 2.24) is 15.2 Å². The fraction of sp³-hybridized carbons (Fsp3) is 0.188. The lowest BCUT2D eigenvalue weighted by molar-refractivity contribution is 0.0957. The number of nitrogens with zero attached hydrogens (tertiary/aromatic N) is 3. The number of aryl methyl sites for hydroxylation is 2. The van der Waals surface area contributed by atoms with E-state index < -0.39 is 0 Å². The molecule has 5 nitrogen and oxygen atoms in total. The van der Waals surface area contributed by atoms with Gasteiger partial charge in [0.2, 0.25) is 0 Å². The van der Waals surface area contributed by atoms with Crippen LogP contribution in [0.15, 0.2) is 34.7 Å². The summed E-state index contributed by atoms with van der Waals surface area (Å²) in [4.78, 5) is 12.2. The number of rotatable bonds is 3. The van der Waals surface area contributed by atoms with Crippen LogP contribution >= 0.6 is 11.3 Å². The van der Waals surface area contributed by atoms with Crippen LogP contribution in [0.4, 0.5) is 0 Å². The van der Waals surface area contributed by atoms with Gasteiger partial charge in [0.25, 0.3) is 5.91 Å². The summed E-state index contributed by atoms with van der Waals surface area (Å²) in [7, 11) is 1.88. The Balaban J connectivity index is 1.79. The largest absolute Gasteiger partial charge is 0.272 e. The number of hydrazone groups is 1. The van der Waals surface area contributed by atoms with E-state index in [1.165, 1.54) is 0 Å². The summed E-state index contributed by atoms with van der Waals surface area (Å²) in [5.74, 6) is -0.201. The van der Waals surface area contributed by atoms with Gasteiger partial charge >= 0.3 is 0 Å². The van der Waals surface area contributed by atoms with E-state index in [9.17, 15) is 4.79 Å². The summed E-state index contributed by atoms with van der Waals surface area (Å²) in [6, 6.07) is 7.84. The normalized spacial score (nSPS) is 11.4. The molecule has 2 aromatic heterocycles. The van der Waals surface area contributed by atoms with Crippen molar-refractivity contribution in [2.45, 2.75) is 13.8 Å². The number of hydrogen-bond acceptors (Lipinski definition) is 4. The molecule has 112 valence electrons. The van der Waals surface area contributed by atoms with Crippen LogP contribution in [0.25, 0.3) is 10.1 Å². The van der Waals surface area contributed by atoms with Gasteiger partial charge in [-0.15, -0.1) is 11.3 Å². The molecular formula is C16H16N4OS. The molecule has 3 aromatic rings. The van der Waals surface area contributed by atoms with Gasteiger partial charge in [0.15, 0.2) is 0 Å². The Morgan fingerprint density at radius 2 is 2.14 bits per heavy atom. The summed E-state index contributed by atoms with van der Waals surface area (Å²) < 4.78 is 2.89. The summed E-state index contributed by atoms with van der Waals surface area (Å²) >= 11 is 1.55. The van der Waals surface area contributed by atoms with Gasteiger partial charge in [-0.25, -0.2) is 5.43 Å². The molecule has 0 spiro atoms. The van der Waals surface area contributed by atoms with Gasteiger partial charge < -0.3 is 0 Å². The van der Waals surface area contributed by atoms with E-state index in [1.54, 1.807) is 22.2 Å². The van der Waals surface area contributed by atoms with Crippen LogP contribution in [0, 0.1) is 13.8 Å². The van der Waals surface area contributed by atoms with Crippen LogP contribution in [0.2, 0.25) is 0 Å². The zero-order valence-corrected chi connectivity index (χ0v) is 13.4. The first-order chi connectivity index (χ1) is 10.6. The first kappa shape index (κ1) is 14.5. The van der Waals surface area contributed by atoms with Gasteiger partial charge in [-0.2, -0.15) is 10.2 Å². The highest BCUT2D eigenvalue weighted by atomic mass is 32.1. The average Bonchev–Trinajstić information content (AvgIpc) is 3.03. The second-order valence-electron chi connectivity index (χ2n) is 5.05. The molecule has 0 aliphatic carbocycles. The molecule has 3 rings (SSSR count). The standard InChI is InChI=1S/C16H16N4OS/c1-10-13(11(2)20(3)19-10)8-17-18-16(21)14-9-22-15-7-5-4-6-12(14)15/h4-9H,1-3H3,(H,18,21)/b17-8-. The Kier molecular flexibility index (Phi) is 3.77. The maximum absolute atomic E-state index is 12.2. The molecule has 1 N–H and O–H groups in total. The summed E-state index contributed by atoms with van der Waals surface area (Å²) in [5, 5.41) is 11.2. The minimum absolute atomic E-state index is 0.201. The predicted molar refractivity (Wildman–Crippen MR) is 89.6 cm³/mol. The molecule has 6 heteroatoms. The fourth-order valence-corrected chi connectivity index (χ4v) is 3.29. The highest BCUT2D eigenvalue weighted by Gasteiger charge is 2.11. The second-order valence-corrected chi connectivity index (χ2v) is 5.96. The third kappa shape index (κ3) is 2.53. The Morgan fingerprint density at radius 3 is 2.86 bits per heavy atom. The number of amides is 1. The van der Waals surface area contributed by atoms with Gasteiger partial charge in [-0.1, -0.05) is 18.2 Å². The first-order valence-corrected chi connectivity index (χ1v) is 7.75. The van der Waals surface area contributed by atoms with Crippen molar-refractivity contribution in [3.63, 3.8) is 0 Å². The highest BCUT2D eigenvalue weighted by Crippen LogP contribution is 2.25. The monoisotopic (exact) mass is 312 g/mol. The molecule has 0 fully saturated rings. The van der Waals surface area contributed by atoms with Gasteiger partial charge in [-0.3, -0.25) is 9.48 Å². The molecule has 0 aliphatic rings. The van der Waals surface area contributed by atoms with E-state index in [4.69, 9.17) is 0 Å². The van der Waals surface area contributed by atoms with Crippen LogP contribution in [0.3, 0.4) is 0 Å². The van der Waals surface area contributed by atoms with Crippen LogP contribution in [0.1, 0.15) is 27.3 Å². The Bertz CT molecular complexity index is 876. The van der Waals surface area contributed by atoms with E-state index in [0.29, 0.717) is 5.56 Å². The van der Waals surface area contributed by atoms with Crippen molar-refractivity contribution in [3.05, 3.63) is 52.2 Å². The second kappa shape index (κ2) is 5.73. The van der Waals surface area contributed by atoms with Crippen molar-refractivity contribution >= 4 is 33.5 Å². The third-order valence-electron chi connectivity index (χ3n) is 3.65. The highest BCUT2D eigenvalue weighted by molar-refractivity contribution is 7.17. The van der Waals surface area contributed by atoms with Crippen LogP contribution in [-0.2, 0) is 7.05 Å². The Morgan fingerprint density at radius 1 is 1.36 bits per heavy atom. The zero-order chi connectivity index (χ0) is 15.7. The molecule has 0 atom stereocenters. The topological polar surface area (TPSA) is 59.3 Å². The minimum Gasteiger partial charge on any atom is -0.272 e. The zero-order valence-electron chi connectivity index (χ0n) is 12.6. The lowest BCUT2D eigenvalue weighted by Crippen LogP contribution is -2.17. The van der Waals surface area contributed by atoms with Crippen molar-refractivity contribution in [2.75, 3.05) is 0 Å². The van der Waals surface area contributed by atoms with Crippen molar-refractivity contribution < 1.29 is 4.79 Å². The van der Waals surface area contributed by atoms with E-state index in [0.717, 1.165) is 27.0 Å². The maximum atomic E-state index is 12.2. The number of carbonyl (C=O) groups excluding carboxylic acids is 1. The smallest absolute Gasteiger partial charge is 0.272 e. The van der Waals surface area contributed by atoms with Crippen LogP contribution < -0.4 is 5.43 Å². The van der Waals surface area contributed by atoms with Gasteiger partial charge in [-0.05, 0) is 19.9 Å². The number of hydrogen-bond donors (Lipinski definition) is 1. The molecule has 0 aliphatic heterocycles. The minimum atomic E-state index is -0.201. The fourth-order valence-electron chi connectivity index (χ4n) is 2.35. The number of aromatic nitrogens is 2. The molecule has 0 radical (unpaired) electrons. The van der Waals surface area contributed by atoms with E-state index in [1.807, 2.05) is 50.5 Å². The molecule has 0 bridgehead atoms. The van der Waals surface area contributed by atoms with Gasteiger partial charge in [0, 0.05) is 33.8 Å². The summed E-state index contributed by atoms with van der Waals surface area (Å²) in [5.41, 5.74) is 6.07. The van der Waals surface area contributed by atoms with Crippen LogP contribution in [-0.4, -0.2) is 21.9 Å². The molecule has 0 saturated carbocycles. The summed E-state index contributed by atoms with van der Waals surface area (Å²) in [6.45, 7) is 3.89. The molecular weight excluding hydrogens is 296 g/mol. The molecule has 22 heavy (non-hydrogen) atoms. The molecule has 1 aromatic carbocycles. The average molecular weight is 312 g/mol. The first-order valence-electron chi connectivity index (χ1n) is 6.87. The predicted octanol–water partition coefficient (Wildman–Crippen LogP) is 3.02. The van der Waals surface area contributed by atoms with Gasteiger partial charge in [0.1, 0.15) is 0 Å². The molecule has 0 saturated heterocycles. The summed E-state index contributed by atoms with van der Waals surface area (Å²) in [6.07, 6.45) is 1.64. The number of fused-ring (bicyclic) bond motifs is 1. The van der Waals surface area contributed by atoms with Gasteiger partial charge in [0.05, 0.1) is 17.5 Å². The molecule has 1 amide bonds. The lowest BCUT2D eigenvalue weighted by Gasteiger charge is -1.98. The number of nitrogens with one attached hydrogen (secondary N) is 1. The lowest BCUT2D eigenvalue weighted by atomic mass is 10.2. The molecule has 0 unspecified atom stereocenters. The Labute approximate surface area is 132 Å². The number of carbonyl (C=O) groups is 1. The van der Waals surface area contributed by atoms with E-state index >= 15 is 0 Å². The van der Waals surface area contributed by atoms with Crippen molar-refractivity contribution in [2.24, 2.45) is 12.1 Å².